The van der Waals surface area contributed by atoms with Crippen molar-refractivity contribution in [1.82, 2.24) is 10.1 Å². The molecule has 0 radical (unpaired) electrons. The van der Waals surface area contributed by atoms with Gasteiger partial charge in [-0.25, -0.2) is 17.8 Å². The molecule has 8 nitrogen and oxygen atoms in total. The minimum absolute atomic E-state index is 0.0714. The van der Waals surface area contributed by atoms with Crippen LogP contribution in [0.25, 0.3) is 22.1 Å². The number of thiazole rings is 1. The number of nitrogens with one attached hydrogen (secondary N) is 1. The Labute approximate surface area is 212 Å². The third kappa shape index (κ3) is 4.63. The second kappa shape index (κ2) is 9.00. The molecule has 3 N–H and O–H groups in total. The molecule has 0 amide bonds. The molecular weight excluding hydrogens is 538 g/mol. The molecule has 0 fully saturated rings. The average Bonchev–Trinajstić information content (AvgIpc) is 3.46. The van der Waals surface area contributed by atoms with Crippen molar-refractivity contribution in [2.45, 2.75) is 4.90 Å². The van der Waals surface area contributed by atoms with E-state index in [9.17, 15) is 12.8 Å². The number of sulfonamides is 1. The predicted molar refractivity (Wildman–Crippen MR) is 133 cm³/mol. The zero-order valence-corrected chi connectivity index (χ0v) is 20.5. The van der Waals surface area contributed by atoms with Gasteiger partial charge in [-0.3, -0.25) is 4.72 Å². The highest BCUT2D eigenvalue weighted by atomic mass is 35.5. The Kier molecular flexibility index (Phi) is 6.01. The van der Waals surface area contributed by atoms with Crippen LogP contribution in [0.1, 0.15) is 0 Å². The van der Waals surface area contributed by atoms with Crippen LogP contribution in [0.3, 0.4) is 0 Å². The van der Waals surface area contributed by atoms with Crippen LogP contribution in [0.2, 0.25) is 10.0 Å². The molecule has 5 rings (SSSR count). The van der Waals surface area contributed by atoms with E-state index in [2.05, 4.69) is 14.9 Å². The van der Waals surface area contributed by atoms with Gasteiger partial charge in [-0.1, -0.05) is 34.4 Å². The summed E-state index contributed by atoms with van der Waals surface area (Å²) < 4.78 is 53.4. The number of aromatic nitrogens is 2. The Bertz CT molecular complexity index is 1670. The summed E-state index contributed by atoms with van der Waals surface area (Å²) in [5, 5.41) is 6.12. The summed E-state index contributed by atoms with van der Waals surface area (Å²) >= 11 is 13.7. The summed E-state index contributed by atoms with van der Waals surface area (Å²) in [5.74, 6) is -0.560. The minimum Gasteiger partial charge on any atom is -0.455 e. The quantitative estimate of drug-likeness (QED) is 0.245. The molecule has 0 aliphatic rings. The van der Waals surface area contributed by atoms with Gasteiger partial charge in [0.15, 0.2) is 17.2 Å². The highest BCUT2D eigenvalue weighted by Gasteiger charge is 2.23. The van der Waals surface area contributed by atoms with Crippen LogP contribution in [0.15, 0.2) is 68.8 Å². The molecule has 0 spiro atoms. The van der Waals surface area contributed by atoms with E-state index in [4.69, 9.17) is 38.2 Å². The highest BCUT2D eigenvalue weighted by Crippen LogP contribution is 2.40. The number of fused-ring (bicyclic) bond motifs is 1. The maximum Gasteiger partial charge on any atom is 0.266 e. The van der Waals surface area contributed by atoms with Crippen LogP contribution in [0.5, 0.6) is 11.5 Å². The van der Waals surface area contributed by atoms with E-state index >= 15 is 0 Å². The van der Waals surface area contributed by atoms with Gasteiger partial charge in [0.2, 0.25) is 0 Å². The van der Waals surface area contributed by atoms with Gasteiger partial charge in [0.05, 0.1) is 15.9 Å². The number of ether oxygens (including phenoxy) is 1. The Balaban J connectivity index is 1.52. The molecule has 35 heavy (non-hydrogen) atoms. The lowest BCUT2D eigenvalue weighted by Gasteiger charge is -2.15. The zero-order valence-electron chi connectivity index (χ0n) is 17.3. The van der Waals surface area contributed by atoms with Gasteiger partial charge in [-0.05, 0) is 42.0 Å². The predicted octanol–water partition coefficient (Wildman–Crippen LogP) is 6.57. The molecule has 0 aliphatic carbocycles. The molecule has 0 bridgehead atoms. The van der Waals surface area contributed by atoms with Gasteiger partial charge in [0.1, 0.15) is 22.2 Å². The smallest absolute Gasteiger partial charge is 0.266 e. The molecular formula is C22H13Cl2FN4O4S2. The Morgan fingerprint density at radius 1 is 1.09 bits per heavy atom. The number of anilines is 2. The van der Waals surface area contributed by atoms with Crippen LogP contribution in [0, 0.1) is 5.82 Å². The van der Waals surface area contributed by atoms with Crippen molar-refractivity contribution in [1.29, 1.82) is 0 Å². The lowest BCUT2D eigenvalue weighted by molar-refractivity contribution is 0.460. The molecule has 0 saturated heterocycles. The van der Waals surface area contributed by atoms with E-state index in [1.165, 1.54) is 22.2 Å². The van der Waals surface area contributed by atoms with E-state index in [1.807, 2.05) is 0 Å². The summed E-state index contributed by atoms with van der Waals surface area (Å²) in [6.07, 6.45) is 0. The van der Waals surface area contributed by atoms with Crippen molar-refractivity contribution in [3.05, 3.63) is 75.3 Å². The van der Waals surface area contributed by atoms with Crippen molar-refractivity contribution in [3.8, 4) is 22.6 Å². The second-order valence-corrected chi connectivity index (χ2v) is 10.4. The van der Waals surface area contributed by atoms with Crippen molar-refractivity contribution >= 4 is 67.2 Å². The third-order valence-electron chi connectivity index (χ3n) is 4.92. The normalized spacial score (nSPS) is 11.6. The number of benzene rings is 3. The van der Waals surface area contributed by atoms with E-state index < -0.39 is 20.7 Å². The lowest BCUT2D eigenvalue weighted by atomic mass is 10.0. The number of nitrogens with two attached hydrogens (primary N) is 1. The number of nitrogen functional groups attached to an aromatic ring is 1. The van der Waals surface area contributed by atoms with Gasteiger partial charge in [0, 0.05) is 22.0 Å². The van der Waals surface area contributed by atoms with Crippen LogP contribution in [0.4, 0.5) is 16.0 Å². The largest absolute Gasteiger partial charge is 0.455 e. The fraction of sp³-hybridized carbons (Fsp3) is 0. The topological polar surface area (TPSA) is 120 Å². The third-order valence-corrected chi connectivity index (χ3v) is 7.40. The fourth-order valence-electron chi connectivity index (χ4n) is 3.31. The van der Waals surface area contributed by atoms with Crippen molar-refractivity contribution in [2.24, 2.45) is 0 Å². The summed E-state index contributed by atoms with van der Waals surface area (Å²) in [5.41, 5.74) is 9.04. The molecule has 0 unspecified atom stereocenters. The molecule has 0 atom stereocenters. The molecule has 0 saturated carbocycles. The van der Waals surface area contributed by atoms with E-state index in [0.29, 0.717) is 32.9 Å². The van der Waals surface area contributed by atoms with Crippen molar-refractivity contribution < 1.29 is 22.1 Å². The van der Waals surface area contributed by atoms with Gasteiger partial charge in [0.25, 0.3) is 10.0 Å². The van der Waals surface area contributed by atoms with E-state index in [0.717, 1.165) is 12.1 Å². The lowest BCUT2D eigenvalue weighted by Crippen LogP contribution is -2.15. The first-order valence-corrected chi connectivity index (χ1v) is 12.9. The molecule has 2 heterocycles. The van der Waals surface area contributed by atoms with E-state index in [1.54, 1.807) is 36.4 Å². The maximum atomic E-state index is 14.9. The molecule has 3 aromatic carbocycles. The molecule has 0 aliphatic heterocycles. The summed E-state index contributed by atoms with van der Waals surface area (Å²) in [6, 6.07) is 11.9. The number of hydrogen-bond acceptors (Lipinski definition) is 8. The Morgan fingerprint density at radius 2 is 1.91 bits per heavy atom. The van der Waals surface area contributed by atoms with E-state index in [-0.39, 0.29) is 22.4 Å². The number of hydrogen-bond donors (Lipinski definition) is 2. The van der Waals surface area contributed by atoms with Crippen LogP contribution in [-0.2, 0) is 10.0 Å². The highest BCUT2D eigenvalue weighted by molar-refractivity contribution is 7.92. The number of halogens is 3. The number of rotatable bonds is 6. The Hall–Kier alpha value is -3.38. The SMILES string of the molecule is Nc1noc2ccc(-c3cc(Cl)ccc3Oc3cc(F)c(S(=O)(=O)Nc4cscn4)cc3Cl)cc12. The Morgan fingerprint density at radius 3 is 2.69 bits per heavy atom. The van der Waals surface area contributed by atoms with Gasteiger partial charge in [-0.2, -0.15) is 0 Å². The summed E-state index contributed by atoms with van der Waals surface area (Å²) in [6.45, 7) is 0. The molecule has 5 aromatic rings. The standard InChI is InChI=1S/C22H13Cl2FN4O4S2/c23-12-2-4-17(13(6-12)11-1-3-18-14(5-11)22(26)28-33-18)32-19-8-16(25)20(7-15(19)24)35(30,31)29-21-9-34-10-27-21/h1-10,29H,(H2,26,28). The first-order chi connectivity index (χ1) is 16.7. The second-order valence-electron chi connectivity index (χ2n) is 7.21. The summed E-state index contributed by atoms with van der Waals surface area (Å²) in [7, 11) is -4.27. The van der Waals surface area contributed by atoms with Crippen molar-refractivity contribution in [3.63, 3.8) is 0 Å². The number of nitrogens with zero attached hydrogens (tertiary/aromatic N) is 2. The average molecular weight is 551 g/mol. The van der Waals surface area contributed by atoms with Gasteiger partial charge < -0.3 is 15.0 Å². The van der Waals surface area contributed by atoms with Crippen molar-refractivity contribution in [2.75, 3.05) is 10.5 Å². The monoisotopic (exact) mass is 550 g/mol. The maximum absolute atomic E-state index is 14.9. The molecule has 13 heteroatoms. The summed E-state index contributed by atoms with van der Waals surface area (Å²) in [4.78, 5) is 3.19. The minimum atomic E-state index is -4.27. The fourth-order valence-corrected chi connectivity index (χ4v) is 5.39. The molecule has 178 valence electrons. The first kappa shape index (κ1) is 23.4. The van der Waals surface area contributed by atoms with Crippen LogP contribution < -0.4 is 15.2 Å². The van der Waals surface area contributed by atoms with Gasteiger partial charge >= 0.3 is 0 Å². The molecule has 2 aromatic heterocycles. The first-order valence-electron chi connectivity index (χ1n) is 9.74. The van der Waals surface area contributed by atoms with Crippen LogP contribution >= 0.6 is 34.5 Å². The zero-order chi connectivity index (χ0) is 24.7. The van der Waals surface area contributed by atoms with Crippen LogP contribution in [-0.4, -0.2) is 18.6 Å². The van der Waals surface area contributed by atoms with Gasteiger partial charge in [-0.15, -0.1) is 11.3 Å².